The Hall–Kier alpha value is -2.17. The van der Waals surface area contributed by atoms with E-state index in [1.54, 1.807) is 0 Å². The van der Waals surface area contributed by atoms with Gasteiger partial charge in [-0.1, -0.05) is 30.6 Å². The van der Waals surface area contributed by atoms with E-state index in [1.165, 1.54) is 21.3 Å². The highest BCUT2D eigenvalue weighted by Crippen LogP contribution is 2.40. The number of fused-ring (bicyclic) bond motifs is 1. The fourth-order valence-corrected chi connectivity index (χ4v) is 5.56. The van der Waals surface area contributed by atoms with Crippen LogP contribution in [0.5, 0.6) is 5.75 Å². The van der Waals surface area contributed by atoms with Gasteiger partial charge in [0.15, 0.2) is 12.4 Å². The van der Waals surface area contributed by atoms with E-state index in [9.17, 15) is 13.2 Å². The zero-order chi connectivity index (χ0) is 21.5. The maximum absolute atomic E-state index is 13.1. The molecule has 0 atom stereocenters. The van der Waals surface area contributed by atoms with Crippen LogP contribution in [0.1, 0.15) is 38.4 Å². The summed E-state index contributed by atoms with van der Waals surface area (Å²) in [5.41, 5.74) is 0.380. The van der Waals surface area contributed by atoms with Crippen LogP contribution in [-0.2, 0) is 27.8 Å². The van der Waals surface area contributed by atoms with Crippen molar-refractivity contribution in [1.29, 1.82) is 0 Å². The second-order valence-electron chi connectivity index (χ2n) is 7.56. The molecule has 1 aromatic heterocycles. The molecule has 2 aliphatic rings. The first-order valence-corrected chi connectivity index (χ1v) is 11.7. The molecule has 9 nitrogen and oxygen atoms in total. The van der Waals surface area contributed by atoms with Crippen molar-refractivity contribution in [2.45, 2.75) is 44.6 Å². The Kier molecular flexibility index (Phi) is 5.73. The number of ether oxygens (including phenoxy) is 1. The number of nitrogens with zero attached hydrogens (tertiary/aromatic N) is 4. The smallest absolute Gasteiger partial charge is 0.265 e. The number of anilines is 1. The summed E-state index contributed by atoms with van der Waals surface area (Å²) in [6.45, 7) is 4.78. The van der Waals surface area contributed by atoms with Crippen LogP contribution in [0.25, 0.3) is 0 Å². The van der Waals surface area contributed by atoms with Gasteiger partial charge < -0.3 is 9.26 Å². The van der Waals surface area contributed by atoms with Gasteiger partial charge in [-0.05, 0) is 24.8 Å². The number of carbonyl (C=O) groups excluding carboxylic acids is 1. The molecule has 2 aliphatic heterocycles. The molecule has 2 aromatic rings. The van der Waals surface area contributed by atoms with E-state index in [2.05, 4.69) is 17.1 Å². The average Bonchev–Trinajstić information content (AvgIpc) is 3.18. The minimum absolute atomic E-state index is 0.0143. The summed E-state index contributed by atoms with van der Waals surface area (Å²) in [7, 11) is -3.76. The first-order chi connectivity index (χ1) is 14.3. The minimum Gasteiger partial charge on any atom is -0.482 e. The predicted molar refractivity (Wildman–Crippen MR) is 109 cm³/mol. The number of piperidine rings is 1. The summed E-state index contributed by atoms with van der Waals surface area (Å²) in [5.74, 6) is 1.30. The molecule has 0 aliphatic carbocycles. The molecule has 1 fully saturated rings. The average molecular weight is 455 g/mol. The SMILES string of the molecule is CCc1nc(CN2C(=O)COc3cc(S(=O)(=O)N4CCC(C)CC4)c(Cl)cc32)no1. The molecule has 0 unspecified atom stereocenters. The maximum Gasteiger partial charge on any atom is 0.265 e. The Morgan fingerprint density at radius 2 is 2.00 bits per heavy atom. The van der Waals surface area contributed by atoms with Crippen molar-refractivity contribution in [2.75, 3.05) is 24.6 Å². The van der Waals surface area contributed by atoms with Gasteiger partial charge in [-0.15, -0.1) is 0 Å². The number of benzene rings is 1. The lowest BCUT2D eigenvalue weighted by molar-refractivity contribution is -0.121. The Labute approximate surface area is 180 Å². The van der Waals surface area contributed by atoms with E-state index in [-0.39, 0.29) is 34.7 Å². The van der Waals surface area contributed by atoms with Crippen molar-refractivity contribution < 1.29 is 22.5 Å². The summed E-state index contributed by atoms with van der Waals surface area (Å²) in [6.07, 6.45) is 2.21. The maximum atomic E-state index is 13.1. The third kappa shape index (κ3) is 3.91. The number of amides is 1. The quantitative estimate of drug-likeness (QED) is 0.683. The fourth-order valence-electron chi connectivity index (χ4n) is 3.58. The zero-order valence-corrected chi connectivity index (χ0v) is 18.4. The third-order valence-electron chi connectivity index (χ3n) is 5.43. The lowest BCUT2D eigenvalue weighted by Gasteiger charge is -2.31. The lowest BCUT2D eigenvalue weighted by Crippen LogP contribution is -2.39. The molecule has 3 heterocycles. The van der Waals surface area contributed by atoms with Gasteiger partial charge in [0, 0.05) is 25.6 Å². The van der Waals surface area contributed by atoms with Gasteiger partial charge in [0.1, 0.15) is 10.6 Å². The summed E-state index contributed by atoms with van der Waals surface area (Å²) >= 11 is 6.39. The Bertz CT molecular complexity index is 1060. The standard InChI is InChI=1S/C19H23ClN4O5S/c1-3-18-21-17(22-29-18)10-24-14-8-13(20)16(9-15(14)28-11-19(24)25)30(26,27)23-6-4-12(2)5-7-23/h8-9,12H,3-7,10-11H2,1-2H3. The molecule has 1 aromatic carbocycles. The summed E-state index contributed by atoms with van der Waals surface area (Å²) < 4.78 is 38.4. The van der Waals surface area contributed by atoms with Gasteiger partial charge in [-0.2, -0.15) is 9.29 Å². The number of aromatic nitrogens is 2. The number of carbonyl (C=O) groups is 1. The van der Waals surface area contributed by atoms with Gasteiger partial charge >= 0.3 is 0 Å². The topological polar surface area (TPSA) is 106 Å². The highest BCUT2D eigenvalue weighted by molar-refractivity contribution is 7.89. The number of hydrogen-bond acceptors (Lipinski definition) is 7. The van der Waals surface area contributed by atoms with E-state index in [1.807, 2.05) is 6.92 Å². The Morgan fingerprint density at radius 1 is 1.27 bits per heavy atom. The molecule has 162 valence electrons. The number of hydrogen-bond donors (Lipinski definition) is 0. The van der Waals surface area contributed by atoms with E-state index >= 15 is 0 Å². The largest absolute Gasteiger partial charge is 0.482 e. The minimum atomic E-state index is -3.76. The van der Waals surface area contributed by atoms with E-state index in [0.717, 1.165) is 12.8 Å². The van der Waals surface area contributed by atoms with Gasteiger partial charge in [0.05, 0.1) is 17.3 Å². The van der Waals surface area contributed by atoms with Crippen LogP contribution in [-0.4, -0.2) is 48.5 Å². The van der Waals surface area contributed by atoms with Crippen molar-refractivity contribution in [1.82, 2.24) is 14.4 Å². The second-order valence-corrected chi connectivity index (χ2v) is 9.88. The molecule has 0 spiro atoms. The monoisotopic (exact) mass is 454 g/mol. The summed E-state index contributed by atoms with van der Waals surface area (Å²) in [6, 6.07) is 2.85. The molecule has 1 saturated heterocycles. The van der Waals surface area contributed by atoms with E-state index in [0.29, 0.717) is 42.8 Å². The number of halogens is 1. The fraction of sp³-hybridized carbons (Fsp3) is 0.526. The van der Waals surface area contributed by atoms with E-state index in [4.69, 9.17) is 20.9 Å². The Balaban J connectivity index is 1.66. The van der Waals surface area contributed by atoms with Crippen molar-refractivity contribution in [3.8, 4) is 5.75 Å². The zero-order valence-electron chi connectivity index (χ0n) is 16.8. The first kappa shape index (κ1) is 21.1. The predicted octanol–water partition coefficient (Wildman–Crippen LogP) is 2.63. The lowest BCUT2D eigenvalue weighted by atomic mass is 10.0. The van der Waals surface area contributed by atoms with Crippen molar-refractivity contribution in [2.24, 2.45) is 5.92 Å². The van der Waals surface area contributed by atoms with Crippen LogP contribution in [0, 0.1) is 5.92 Å². The van der Waals surface area contributed by atoms with Crippen LogP contribution in [0.2, 0.25) is 5.02 Å². The molecular weight excluding hydrogens is 432 g/mol. The molecule has 11 heteroatoms. The highest BCUT2D eigenvalue weighted by Gasteiger charge is 2.34. The third-order valence-corrected chi connectivity index (χ3v) is 7.79. The van der Waals surface area contributed by atoms with Crippen LogP contribution in [0.4, 0.5) is 5.69 Å². The van der Waals surface area contributed by atoms with Gasteiger partial charge in [0.25, 0.3) is 5.91 Å². The Morgan fingerprint density at radius 3 is 2.67 bits per heavy atom. The van der Waals surface area contributed by atoms with Crippen LogP contribution < -0.4 is 9.64 Å². The number of aryl methyl sites for hydroxylation is 1. The van der Waals surface area contributed by atoms with Gasteiger partial charge in [0.2, 0.25) is 15.9 Å². The molecule has 30 heavy (non-hydrogen) atoms. The van der Waals surface area contributed by atoms with Crippen LogP contribution in [0.3, 0.4) is 0 Å². The summed E-state index contributed by atoms with van der Waals surface area (Å²) in [4.78, 5) is 18.1. The van der Waals surface area contributed by atoms with Crippen LogP contribution in [0.15, 0.2) is 21.6 Å². The molecule has 4 rings (SSSR count). The van der Waals surface area contributed by atoms with Crippen LogP contribution >= 0.6 is 11.6 Å². The molecule has 0 radical (unpaired) electrons. The summed E-state index contributed by atoms with van der Waals surface area (Å²) in [5, 5.41) is 3.92. The number of rotatable bonds is 5. The van der Waals surface area contributed by atoms with Crippen molar-refractivity contribution in [3.05, 3.63) is 28.9 Å². The molecule has 0 N–H and O–H groups in total. The highest BCUT2D eigenvalue weighted by atomic mass is 35.5. The van der Waals surface area contributed by atoms with Gasteiger partial charge in [-0.25, -0.2) is 8.42 Å². The van der Waals surface area contributed by atoms with Gasteiger partial charge in [-0.3, -0.25) is 9.69 Å². The van der Waals surface area contributed by atoms with Crippen molar-refractivity contribution >= 4 is 33.2 Å². The molecule has 0 bridgehead atoms. The second kappa shape index (κ2) is 8.16. The van der Waals surface area contributed by atoms with E-state index < -0.39 is 10.0 Å². The molecular formula is C19H23ClN4O5S. The molecule has 1 amide bonds. The molecule has 0 saturated carbocycles. The normalized spacial score (nSPS) is 18.4. The van der Waals surface area contributed by atoms with Crippen molar-refractivity contribution in [3.63, 3.8) is 0 Å². The first-order valence-electron chi connectivity index (χ1n) is 9.88. The number of sulfonamides is 1.